The van der Waals surface area contributed by atoms with Gasteiger partial charge in [-0.3, -0.25) is 62.3 Å². The smallest absolute Gasteiger partial charge is 0.406 e. The molecule has 0 bridgehead atoms. The molecule has 0 aromatic heterocycles. The molecule has 0 atom stereocenters. The minimum absolute atomic E-state index is 0.00786. The molecule has 40 nitrogen and oxygen atoms in total. The number of rotatable bonds is 68. The number of ketones is 1. The number of carbonyl (C=O) groups excluding carboxylic acids is 14. The molecule has 0 aliphatic carbocycles. The van der Waals surface area contributed by atoms with Crippen molar-refractivity contribution in [1.29, 1.82) is 0 Å². The molecule has 0 aromatic carbocycles. The Balaban J connectivity index is 7.79. The summed E-state index contributed by atoms with van der Waals surface area (Å²) >= 11 is 0. The molecule has 0 saturated heterocycles. The van der Waals surface area contributed by atoms with Crippen LogP contribution in [0.5, 0.6) is 0 Å². The third kappa shape index (κ3) is 51.1. The molecule has 0 aliphatic rings. The van der Waals surface area contributed by atoms with E-state index in [1.54, 1.807) is 0 Å². The predicted molar refractivity (Wildman–Crippen MR) is 365 cm³/mol. The standard InChI is InChI=1S/C67H113N5O35/c1-50(73)13-26-96-38-65(42-100-30-17-55(78)87-2,43-101-31-18-56(79)88-3)70-52(75)14-27-97-39-64(69-51(74)12-11-25-68-63(86)95-10,40-98-28-15-53(76)71-66(44-102-32-19-57(80)89-4,45-103-33-20-58(81)90-5)46-104-34-21-59(82)91-6)41-99-29-16-54(77)72-67(47-105-35-22-60(83)92-7,48-106-36-23-61(84)93-8)49-107-37-24-62(85)94-9/h11-49H2,1-10H3,(H,68,86)(H,69,74)(H,70,75)(H,71,76)(H,72,77). The van der Waals surface area contributed by atoms with Crippen molar-refractivity contribution in [2.24, 2.45) is 0 Å². The Labute approximate surface area is 622 Å². The van der Waals surface area contributed by atoms with Crippen molar-refractivity contribution in [2.45, 2.75) is 119 Å². The molecule has 0 aliphatic heterocycles. The zero-order valence-electron chi connectivity index (χ0n) is 63.4. The summed E-state index contributed by atoms with van der Waals surface area (Å²) in [5.74, 6) is -7.76. The van der Waals surface area contributed by atoms with Gasteiger partial charge in [0.15, 0.2) is 0 Å². The fourth-order valence-corrected chi connectivity index (χ4v) is 8.86. The van der Waals surface area contributed by atoms with Crippen molar-refractivity contribution in [3.05, 3.63) is 0 Å². The summed E-state index contributed by atoms with van der Waals surface area (Å²) in [5, 5.41) is 13.9. The molecule has 0 spiro atoms. The van der Waals surface area contributed by atoms with Gasteiger partial charge >= 0.3 is 53.8 Å². The Hall–Kier alpha value is -7.90. The highest BCUT2D eigenvalue weighted by Crippen LogP contribution is 2.18. The average Bonchev–Trinajstić information content (AvgIpc) is 0.867. The Morgan fingerprint density at radius 1 is 0.224 bits per heavy atom. The highest BCUT2D eigenvalue weighted by Gasteiger charge is 2.39. The highest BCUT2D eigenvalue weighted by atomic mass is 16.6. The second-order valence-electron chi connectivity index (χ2n) is 23.8. The number of methoxy groups -OCH3 is 9. The minimum Gasteiger partial charge on any atom is -0.469 e. The summed E-state index contributed by atoms with van der Waals surface area (Å²) in [6.45, 7) is -6.14. The lowest BCUT2D eigenvalue weighted by molar-refractivity contribution is -0.145. The van der Waals surface area contributed by atoms with E-state index >= 15 is 0 Å². The van der Waals surface area contributed by atoms with Crippen molar-refractivity contribution in [2.75, 3.05) is 229 Å². The van der Waals surface area contributed by atoms with E-state index < -0.39 is 159 Å². The quantitative estimate of drug-likeness (QED) is 0.0260. The molecule has 0 aromatic rings. The lowest BCUT2D eigenvalue weighted by Crippen LogP contribution is -2.60. The van der Waals surface area contributed by atoms with Gasteiger partial charge < -0.3 is 126 Å². The van der Waals surface area contributed by atoms with Gasteiger partial charge in [0.05, 0.1) is 274 Å². The molecule has 0 fully saturated rings. The largest absolute Gasteiger partial charge is 0.469 e. The molecule has 0 heterocycles. The van der Waals surface area contributed by atoms with Crippen molar-refractivity contribution < 1.29 is 167 Å². The maximum atomic E-state index is 14.2. The van der Waals surface area contributed by atoms with Gasteiger partial charge in [0.1, 0.15) is 27.9 Å². The van der Waals surface area contributed by atoms with Crippen molar-refractivity contribution in [1.82, 2.24) is 26.6 Å². The van der Waals surface area contributed by atoms with E-state index in [2.05, 4.69) is 31.3 Å². The fraction of sp³-hybridized carbons (Fsp3) is 0.791. The van der Waals surface area contributed by atoms with Crippen molar-refractivity contribution in [3.8, 4) is 0 Å². The summed E-state index contributed by atoms with van der Waals surface area (Å²) < 4.78 is 114. The first-order valence-electron chi connectivity index (χ1n) is 34.2. The minimum atomic E-state index is -1.79. The van der Waals surface area contributed by atoms with Gasteiger partial charge in [-0.05, 0) is 13.3 Å². The lowest BCUT2D eigenvalue weighted by atomic mass is 10.0. The molecule has 40 heteroatoms. The third-order valence-electron chi connectivity index (χ3n) is 14.6. The molecule has 0 saturated carbocycles. The summed E-state index contributed by atoms with van der Waals surface area (Å²) in [6, 6.07) is 0. The van der Waals surface area contributed by atoms with Gasteiger partial charge in [0.2, 0.25) is 23.6 Å². The summed E-state index contributed by atoms with van der Waals surface area (Å²) in [5.41, 5.74) is -6.45. The first-order chi connectivity index (χ1) is 51.2. The second kappa shape index (κ2) is 61.0. The average molecular weight is 1550 g/mol. The number of alkyl carbamates (subject to hydrolysis) is 1. The molecular weight excluding hydrogens is 1430 g/mol. The zero-order valence-corrected chi connectivity index (χ0v) is 63.4. The van der Waals surface area contributed by atoms with Crippen LogP contribution in [0.2, 0.25) is 0 Å². The number of esters is 8. The Bertz CT molecular complexity index is 2390. The van der Waals surface area contributed by atoms with Crippen LogP contribution < -0.4 is 26.6 Å². The summed E-state index contributed by atoms with van der Waals surface area (Å²) in [7, 11) is 10.6. The normalized spacial score (nSPS) is 11.5. The molecule has 107 heavy (non-hydrogen) atoms. The van der Waals surface area contributed by atoms with E-state index in [4.69, 9.17) is 94.7 Å². The van der Waals surface area contributed by atoms with E-state index in [0.29, 0.717) is 0 Å². The molecule has 5 amide bonds. The summed E-state index contributed by atoms with van der Waals surface area (Å²) in [6.07, 6.45) is -3.74. The van der Waals surface area contributed by atoms with Crippen LogP contribution in [-0.4, -0.2) is 335 Å². The number of amides is 5. The third-order valence-corrected chi connectivity index (χ3v) is 14.6. The number of ether oxygens (including phenoxy) is 21. The predicted octanol–water partition coefficient (Wildman–Crippen LogP) is -1.60. The van der Waals surface area contributed by atoms with Gasteiger partial charge in [0, 0.05) is 38.6 Å². The topological polar surface area (TPSA) is 493 Å². The fourth-order valence-electron chi connectivity index (χ4n) is 8.86. The molecule has 0 unspecified atom stereocenters. The van der Waals surface area contributed by atoms with Crippen LogP contribution in [0.25, 0.3) is 0 Å². The first kappa shape index (κ1) is 99.1. The number of Topliss-reactive ketones (excluding diaryl/α,β-unsaturated/α-hetero) is 1. The van der Waals surface area contributed by atoms with E-state index in [9.17, 15) is 67.1 Å². The van der Waals surface area contributed by atoms with Gasteiger partial charge in [-0.15, -0.1) is 0 Å². The van der Waals surface area contributed by atoms with Crippen LogP contribution in [0, 0.1) is 0 Å². The van der Waals surface area contributed by atoms with E-state index in [1.807, 2.05) is 0 Å². The second-order valence-corrected chi connectivity index (χ2v) is 23.8. The maximum absolute atomic E-state index is 14.2. The number of nitrogens with one attached hydrogen (secondary N) is 5. The molecule has 0 rings (SSSR count). The van der Waals surface area contributed by atoms with Gasteiger partial charge in [-0.2, -0.15) is 0 Å². The van der Waals surface area contributed by atoms with Gasteiger partial charge in [-0.1, -0.05) is 0 Å². The van der Waals surface area contributed by atoms with E-state index in [0.717, 1.165) is 7.11 Å². The Kier molecular flexibility index (Phi) is 56.5. The monoisotopic (exact) mass is 1550 g/mol. The van der Waals surface area contributed by atoms with Crippen LogP contribution >= 0.6 is 0 Å². The Morgan fingerprint density at radius 3 is 0.561 bits per heavy atom. The van der Waals surface area contributed by atoms with Crippen LogP contribution in [-0.2, 0) is 162 Å². The summed E-state index contributed by atoms with van der Waals surface area (Å²) in [4.78, 5) is 177. The number of carbonyl (C=O) groups is 14. The lowest BCUT2D eigenvalue weighted by Gasteiger charge is -2.36. The zero-order chi connectivity index (χ0) is 80.0. The van der Waals surface area contributed by atoms with Crippen molar-refractivity contribution >= 4 is 83.3 Å². The van der Waals surface area contributed by atoms with Crippen LogP contribution in [0.3, 0.4) is 0 Å². The molecule has 5 N–H and O–H groups in total. The first-order valence-corrected chi connectivity index (χ1v) is 34.2. The number of hydrogen-bond acceptors (Lipinski definition) is 35. The van der Waals surface area contributed by atoms with Gasteiger partial charge in [-0.25, -0.2) is 4.79 Å². The van der Waals surface area contributed by atoms with Gasteiger partial charge in [0.25, 0.3) is 0 Å². The van der Waals surface area contributed by atoms with Crippen LogP contribution in [0.1, 0.15) is 96.8 Å². The van der Waals surface area contributed by atoms with Crippen LogP contribution in [0.15, 0.2) is 0 Å². The van der Waals surface area contributed by atoms with E-state index in [1.165, 1.54) is 63.8 Å². The Morgan fingerprint density at radius 2 is 0.393 bits per heavy atom. The van der Waals surface area contributed by atoms with E-state index in [-0.39, 0.29) is 202 Å². The van der Waals surface area contributed by atoms with Crippen LogP contribution in [0.4, 0.5) is 4.79 Å². The molecular formula is C67H113N5O35. The molecule has 616 valence electrons. The van der Waals surface area contributed by atoms with Crippen molar-refractivity contribution in [3.63, 3.8) is 0 Å². The highest BCUT2D eigenvalue weighted by molar-refractivity contribution is 5.79. The SMILES string of the molecule is COC(=O)CCOCC(COCCC(C)=O)(COCCC(=O)OC)NC(=O)CCOCC(COCCC(=O)NC(COCCC(=O)OC)(COCCC(=O)OC)COCCC(=O)OC)(COCCC(=O)NC(COCCC(=O)OC)(COCCC(=O)OC)COCCC(=O)OC)NC(=O)CCCNC(=O)OC. The number of hydrogen-bond donors (Lipinski definition) is 5. The maximum Gasteiger partial charge on any atom is 0.406 e. The molecule has 0 radical (unpaired) electrons.